The summed E-state index contributed by atoms with van der Waals surface area (Å²) in [7, 11) is -3.66. The second-order valence-electron chi connectivity index (χ2n) is 6.60. The van der Waals surface area contributed by atoms with E-state index in [-0.39, 0.29) is 34.5 Å². The van der Waals surface area contributed by atoms with Crippen LogP contribution >= 0.6 is 11.6 Å². The van der Waals surface area contributed by atoms with Crippen molar-refractivity contribution in [2.75, 3.05) is 11.1 Å². The number of fused-ring (bicyclic) bond motifs is 1. The number of sulfone groups is 1. The number of carbonyl (C=O) groups excluding carboxylic acids is 1. The normalized spacial score (nSPS) is 15.1. The number of alkyl halides is 3. The zero-order chi connectivity index (χ0) is 21.7. The Morgan fingerprint density at radius 2 is 1.83 bits per heavy atom. The van der Waals surface area contributed by atoms with Gasteiger partial charge in [-0.05, 0) is 30.3 Å². The lowest BCUT2D eigenvalue weighted by atomic mass is 10.1. The largest absolute Gasteiger partial charge is 0.416 e. The molecule has 0 saturated carbocycles. The summed E-state index contributed by atoms with van der Waals surface area (Å²) in [6.07, 6.45) is -4.57. The summed E-state index contributed by atoms with van der Waals surface area (Å²) in [4.78, 5) is 17.1. The summed E-state index contributed by atoms with van der Waals surface area (Å²) >= 11 is 5.89. The molecule has 0 fully saturated rings. The SMILES string of the molecule is O=C(Nc1cccc(C(F)(F)F)c1)c1c(-c2ccc(Cl)cc2)nc2n1CCS2(=O)=O. The fourth-order valence-corrected chi connectivity index (χ4v) is 4.66. The Balaban J connectivity index is 1.78. The predicted octanol–water partition coefficient (Wildman–Crippen LogP) is 4.26. The van der Waals surface area contributed by atoms with Crippen molar-refractivity contribution >= 4 is 33.0 Å². The number of benzene rings is 2. The third-order valence-corrected chi connectivity index (χ3v) is 6.41. The van der Waals surface area contributed by atoms with Crippen LogP contribution < -0.4 is 5.32 Å². The maximum Gasteiger partial charge on any atom is 0.416 e. The molecule has 0 unspecified atom stereocenters. The van der Waals surface area contributed by atoms with Gasteiger partial charge in [-0.3, -0.25) is 4.79 Å². The molecule has 0 aliphatic carbocycles. The van der Waals surface area contributed by atoms with Gasteiger partial charge in [0.15, 0.2) is 0 Å². The Labute approximate surface area is 174 Å². The van der Waals surface area contributed by atoms with E-state index in [1.807, 2.05) is 0 Å². The van der Waals surface area contributed by atoms with E-state index in [1.54, 1.807) is 24.3 Å². The maximum atomic E-state index is 13.0. The van der Waals surface area contributed by atoms with E-state index >= 15 is 0 Å². The highest BCUT2D eigenvalue weighted by Gasteiger charge is 2.36. The molecule has 0 spiro atoms. The predicted molar refractivity (Wildman–Crippen MR) is 104 cm³/mol. The molecule has 0 saturated heterocycles. The second kappa shape index (κ2) is 7.13. The van der Waals surface area contributed by atoms with Gasteiger partial charge in [-0.15, -0.1) is 0 Å². The molecule has 156 valence electrons. The summed E-state index contributed by atoms with van der Waals surface area (Å²) in [5.41, 5.74) is -0.487. The van der Waals surface area contributed by atoms with Crippen molar-refractivity contribution in [2.45, 2.75) is 17.9 Å². The van der Waals surface area contributed by atoms with E-state index in [2.05, 4.69) is 10.3 Å². The van der Waals surface area contributed by atoms with Gasteiger partial charge < -0.3 is 9.88 Å². The monoisotopic (exact) mass is 455 g/mol. The summed E-state index contributed by atoms with van der Waals surface area (Å²) in [5.74, 6) is -0.977. The van der Waals surface area contributed by atoms with Gasteiger partial charge in [0.05, 0.1) is 11.3 Å². The molecule has 6 nitrogen and oxygen atoms in total. The van der Waals surface area contributed by atoms with Gasteiger partial charge >= 0.3 is 6.18 Å². The van der Waals surface area contributed by atoms with Crippen LogP contribution in [0.2, 0.25) is 5.02 Å². The summed E-state index contributed by atoms with van der Waals surface area (Å²) in [5, 5.41) is 2.60. The number of hydrogen-bond acceptors (Lipinski definition) is 4. The molecule has 0 radical (unpaired) electrons. The molecule has 4 rings (SSSR count). The van der Waals surface area contributed by atoms with Crippen molar-refractivity contribution in [1.29, 1.82) is 0 Å². The van der Waals surface area contributed by atoms with Crippen molar-refractivity contribution in [3.05, 3.63) is 64.8 Å². The van der Waals surface area contributed by atoms with E-state index in [1.165, 1.54) is 16.7 Å². The summed E-state index contributed by atoms with van der Waals surface area (Å²) in [6, 6.07) is 10.4. The third-order valence-electron chi connectivity index (χ3n) is 4.57. The minimum Gasteiger partial charge on any atom is -0.321 e. The quantitative estimate of drug-likeness (QED) is 0.639. The van der Waals surface area contributed by atoms with Gasteiger partial charge in [-0.2, -0.15) is 13.2 Å². The van der Waals surface area contributed by atoms with E-state index in [0.29, 0.717) is 10.6 Å². The fraction of sp³-hybridized carbons (Fsp3) is 0.158. The maximum absolute atomic E-state index is 13.0. The molecule has 11 heteroatoms. The average Bonchev–Trinajstić information content (AvgIpc) is 3.19. The number of nitrogens with zero attached hydrogens (tertiary/aromatic N) is 2. The highest BCUT2D eigenvalue weighted by molar-refractivity contribution is 7.91. The average molecular weight is 456 g/mol. The lowest BCUT2D eigenvalue weighted by Gasteiger charge is -2.11. The molecule has 2 aromatic carbocycles. The standard InChI is InChI=1S/C19H13ClF3N3O3S/c20-13-6-4-11(5-7-13)15-16(26-8-9-30(28,29)18(26)25-15)17(27)24-14-3-1-2-12(10-14)19(21,22)23/h1-7,10H,8-9H2,(H,24,27). The molecule has 0 atom stereocenters. The minimum atomic E-state index is -4.57. The van der Waals surface area contributed by atoms with Crippen LogP contribution in [-0.2, 0) is 22.6 Å². The van der Waals surface area contributed by atoms with Gasteiger partial charge in [0.2, 0.25) is 15.0 Å². The molecule has 1 amide bonds. The molecule has 1 N–H and O–H groups in total. The lowest BCUT2D eigenvalue weighted by Crippen LogP contribution is -2.18. The number of hydrogen-bond donors (Lipinski definition) is 1. The van der Waals surface area contributed by atoms with Crippen LogP contribution in [0.15, 0.2) is 53.7 Å². The Morgan fingerprint density at radius 3 is 2.50 bits per heavy atom. The first-order valence-corrected chi connectivity index (χ1v) is 10.7. The topological polar surface area (TPSA) is 81.1 Å². The van der Waals surface area contributed by atoms with Crippen LogP contribution in [0.5, 0.6) is 0 Å². The number of nitrogens with one attached hydrogen (secondary N) is 1. The Hall–Kier alpha value is -2.85. The van der Waals surface area contributed by atoms with Gasteiger partial charge in [0, 0.05) is 22.8 Å². The molecule has 1 aliphatic rings. The van der Waals surface area contributed by atoms with E-state index < -0.39 is 27.5 Å². The smallest absolute Gasteiger partial charge is 0.321 e. The van der Waals surface area contributed by atoms with E-state index in [4.69, 9.17) is 11.6 Å². The van der Waals surface area contributed by atoms with Crippen LogP contribution in [-0.4, -0.2) is 29.6 Å². The number of imidazole rings is 1. The number of carbonyl (C=O) groups is 1. The van der Waals surface area contributed by atoms with E-state index in [9.17, 15) is 26.4 Å². The van der Waals surface area contributed by atoms with Crippen molar-refractivity contribution < 1.29 is 26.4 Å². The van der Waals surface area contributed by atoms with Crippen molar-refractivity contribution in [2.24, 2.45) is 0 Å². The first-order chi connectivity index (χ1) is 14.1. The van der Waals surface area contributed by atoms with Crippen molar-refractivity contribution in [3.8, 4) is 11.3 Å². The number of anilines is 1. The van der Waals surface area contributed by atoms with Crippen LogP contribution in [0.4, 0.5) is 18.9 Å². The number of rotatable bonds is 3. The molecular weight excluding hydrogens is 443 g/mol. The van der Waals surface area contributed by atoms with Crippen LogP contribution in [0, 0.1) is 0 Å². The highest BCUT2D eigenvalue weighted by atomic mass is 35.5. The van der Waals surface area contributed by atoms with Gasteiger partial charge in [-0.1, -0.05) is 29.8 Å². The van der Waals surface area contributed by atoms with E-state index in [0.717, 1.165) is 12.1 Å². The molecular formula is C19H13ClF3N3O3S. The van der Waals surface area contributed by atoms with Gasteiger partial charge in [0.25, 0.3) is 5.91 Å². The zero-order valence-electron chi connectivity index (χ0n) is 15.1. The third kappa shape index (κ3) is 3.68. The van der Waals surface area contributed by atoms with Crippen LogP contribution in [0.25, 0.3) is 11.3 Å². The molecule has 30 heavy (non-hydrogen) atoms. The van der Waals surface area contributed by atoms with Crippen molar-refractivity contribution in [1.82, 2.24) is 9.55 Å². The van der Waals surface area contributed by atoms with Crippen LogP contribution in [0.3, 0.4) is 0 Å². The molecule has 0 bridgehead atoms. The first-order valence-electron chi connectivity index (χ1n) is 8.64. The summed E-state index contributed by atoms with van der Waals surface area (Å²) < 4.78 is 64.7. The molecule has 1 aromatic heterocycles. The minimum absolute atomic E-state index is 0.0175. The first kappa shape index (κ1) is 20.4. The van der Waals surface area contributed by atoms with Crippen LogP contribution in [0.1, 0.15) is 16.1 Å². The molecule has 1 aliphatic heterocycles. The van der Waals surface area contributed by atoms with Gasteiger partial charge in [-0.25, -0.2) is 13.4 Å². The number of halogens is 4. The Kier molecular flexibility index (Phi) is 4.86. The molecule has 2 heterocycles. The zero-order valence-corrected chi connectivity index (χ0v) is 16.6. The summed E-state index contributed by atoms with van der Waals surface area (Å²) in [6.45, 7) is 0.0175. The Bertz CT molecular complexity index is 1250. The number of aromatic nitrogens is 2. The van der Waals surface area contributed by atoms with Gasteiger partial charge in [0.1, 0.15) is 11.4 Å². The lowest BCUT2D eigenvalue weighted by molar-refractivity contribution is -0.137. The fourth-order valence-electron chi connectivity index (χ4n) is 3.18. The number of amides is 1. The Morgan fingerprint density at radius 1 is 1.13 bits per heavy atom. The molecule has 3 aromatic rings. The second-order valence-corrected chi connectivity index (χ2v) is 9.04. The van der Waals surface area contributed by atoms with Crippen molar-refractivity contribution in [3.63, 3.8) is 0 Å². The highest BCUT2D eigenvalue weighted by Crippen LogP contribution is 2.33.